The summed E-state index contributed by atoms with van der Waals surface area (Å²) in [6.07, 6.45) is 5.11. The molecule has 17 heavy (non-hydrogen) atoms. The van der Waals surface area contributed by atoms with Crippen molar-refractivity contribution in [1.29, 1.82) is 0 Å². The van der Waals surface area contributed by atoms with E-state index in [1.165, 1.54) is 0 Å². The molecule has 0 radical (unpaired) electrons. The number of nitrogens with zero attached hydrogens (tertiary/aromatic N) is 2. The zero-order valence-corrected chi connectivity index (χ0v) is 9.60. The van der Waals surface area contributed by atoms with Crippen LogP contribution in [0, 0.1) is 0 Å². The lowest BCUT2D eigenvalue weighted by Gasteiger charge is -2.02. The lowest BCUT2D eigenvalue weighted by atomic mass is 10.3. The molecule has 2 rings (SSSR count). The van der Waals surface area contributed by atoms with Gasteiger partial charge in [0.15, 0.2) is 0 Å². The topological polar surface area (TPSA) is 76.7 Å². The van der Waals surface area contributed by atoms with Crippen LogP contribution < -0.4 is 11.3 Å². The van der Waals surface area contributed by atoms with Gasteiger partial charge in [0.25, 0.3) is 5.56 Å². The Labute approximate surface area is 99.3 Å². The standard InChI is InChI=1S/C12H16N4O/c13-6-4-10-9-14-11(15-10)5-8-16-7-2-1-3-12(16)17/h1-3,7,9H,4-6,8,13H2,(H,14,15). The van der Waals surface area contributed by atoms with Gasteiger partial charge in [-0.2, -0.15) is 0 Å². The van der Waals surface area contributed by atoms with E-state index >= 15 is 0 Å². The first-order valence-corrected chi connectivity index (χ1v) is 5.68. The largest absolute Gasteiger partial charge is 0.346 e. The minimum Gasteiger partial charge on any atom is -0.346 e. The molecule has 0 aliphatic carbocycles. The maximum atomic E-state index is 11.5. The summed E-state index contributed by atoms with van der Waals surface area (Å²) in [6, 6.07) is 5.15. The summed E-state index contributed by atoms with van der Waals surface area (Å²) in [5, 5.41) is 0. The normalized spacial score (nSPS) is 10.6. The Balaban J connectivity index is 1.98. The van der Waals surface area contributed by atoms with Crippen LogP contribution in [0.25, 0.3) is 0 Å². The van der Waals surface area contributed by atoms with Crippen molar-refractivity contribution in [1.82, 2.24) is 14.5 Å². The molecule has 0 bridgehead atoms. The van der Waals surface area contributed by atoms with Crippen LogP contribution in [-0.4, -0.2) is 21.1 Å². The van der Waals surface area contributed by atoms with Gasteiger partial charge in [-0.25, -0.2) is 4.98 Å². The lowest BCUT2D eigenvalue weighted by molar-refractivity contribution is 0.652. The SMILES string of the molecule is NCCc1cnc(CCn2ccccc2=O)[nH]1. The molecule has 0 amide bonds. The van der Waals surface area contributed by atoms with Gasteiger partial charge in [0, 0.05) is 43.5 Å². The molecule has 0 saturated carbocycles. The van der Waals surface area contributed by atoms with Crippen LogP contribution in [0.5, 0.6) is 0 Å². The Hall–Kier alpha value is -1.88. The van der Waals surface area contributed by atoms with E-state index in [-0.39, 0.29) is 5.56 Å². The zero-order valence-electron chi connectivity index (χ0n) is 9.60. The van der Waals surface area contributed by atoms with Crippen molar-refractivity contribution in [3.05, 3.63) is 52.5 Å². The van der Waals surface area contributed by atoms with Gasteiger partial charge in [-0.15, -0.1) is 0 Å². The Kier molecular flexibility index (Phi) is 3.72. The molecule has 0 spiro atoms. The van der Waals surface area contributed by atoms with Crippen molar-refractivity contribution < 1.29 is 0 Å². The number of nitrogens with two attached hydrogens (primary N) is 1. The molecule has 0 atom stereocenters. The van der Waals surface area contributed by atoms with Gasteiger partial charge in [0.1, 0.15) is 5.82 Å². The molecule has 3 N–H and O–H groups in total. The molecular weight excluding hydrogens is 216 g/mol. The van der Waals surface area contributed by atoms with Gasteiger partial charge in [-0.05, 0) is 12.6 Å². The average Bonchev–Trinajstić information content (AvgIpc) is 2.76. The van der Waals surface area contributed by atoms with E-state index in [1.807, 2.05) is 6.07 Å². The maximum Gasteiger partial charge on any atom is 0.250 e. The molecule has 90 valence electrons. The predicted molar refractivity (Wildman–Crippen MR) is 65.8 cm³/mol. The summed E-state index contributed by atoms with van der Waals surface area (Å²) in [5.74, 6) is 0.893. The van der Waals surface area contributed by atoms with Crippen molar-refractivity contribution in [2.24, 2.45) is 5.73 Å². The highest BCUT2D eigenvalue weighted by Crippen LogP contribution is 1.99. The Morgan fingerprint density at radius 1 is 1.35 bits per heavy atom. The number of aromatic amines is 1. The fourth-order valence-electron chi connectivity index (χ4n) is 1.69. The van der Waals surface area contributed by atoms with E-state index in [0.717, 1.165) is 17.9 Å². The quantitative estimate of drug-likeness (QED) is 0.779. The molecule has 0 aromatic carbocycles. The number of hydrogen-bond acceptors (Lipinski definition) is 3. The summed E-state index contributed by atoms with van der Waals surface area (Å²) < 4.78 is 1.67. The first-order valence-electron chi connectivity index (χ1n) is 5.68. The molecule has 0 aliphatic rings. The molecule has 0 aliphatic heterocycles. The van der Waals surface area contributed by atoms with Gasteiger partial charge < -0.3 is 15.3 Å². The Bertz CT molecular complexity index is 529. The van der Waals surface area contributed by atoms with E-state index < -0.39 is 0 Å². The molecule has 0 saturated heterocycles. The number of imidazole rings is 1. The van der Waals surface area contributed by atoms with E-state index in [2.05, 4.69) is 9.97 Å². The summed E-state index contributed by atoms with van der Waals surface area (Å²) in [4.78, 5) is 18.9. The fraction of sp³-hybridized carbons (Fsp3) is 0.333. The van der Waals surface area contributed by atoms with Crippen molar-refractivity contribution in [3.63, 3.8) is 0 Å². The van der Waals surface area contributed by atoms with Crippen LogP contribution in [0.15, 0.2) is 35.4 Å². The monoisotopic (exact) mass is 232 g/mol. The second kappa shape index (κ2) is 5.45. The van der Waals surface area contributed by atoms with Gasteiger partial charge in [0.05, 0.1) is 0 Å². The van der Waals surface area contributed by atoms with Crippen molar-refractivity contribution in [2.45, 2.75) is 19.4 Å². The summed E-state index contributed by atoms with van der Waals surface area (Å²) >= 11 is 0. The highest BCUT2D eigenvalue weighted by molar-refractivity contribution is 5.02. The lowest BCUT2D eigenvalue weighted by Crippen LogP contribution is -2.19. The fourth-order valence-corrected chi connectivity index (χ4v) is 1.69. The maximum absolute atomic E-state index is 11.5. The Morgan fingerprint density at radius 2 is 2.24 bits per heavy atom. The predicted octanol–water partition coefficient (Wildman–Crippen LogP) is 0.315. The number of hydrogen-bond donors (Lipinski definition) is 2. The molecule has 2 aromatic rings. The minimum absolute atomic E-state index is 0.0150. The number of aryl methyl sites for hydroxylation is 2. The number of rotatable bonds is 5. The summed E-state index contributed by atoms with van der Waals surface area (Å²) in [5.41, 5.74) is 6.52. The third kappa shape index (κ3) is 3.04. The second-order valence-electron chi connectivity index (χ2n) is 3.88. The van der Waals surface area contributed by atoms with Gasteiger partial charge in [0.2, 0.25) is 0 Å². The highest BCUT2D eigenvalue weighted by atomic mass is 16.1. The summed E-state index contributed by atoms with van der Waals surface area (Å²) in [7, 11) is 0. The van der Waals surface area contributed by atoms with Crippen LogP contribution in [-0.2, 0) is 19.4 Å². The van der Waals surface area contributed by atoms with Crippen molar-refractivity contribution in [2.75, 3.05) is 6.54 Å². The molecule has 5 heteroatoms. The first-order chi connectivity index (χ1) is 8.29. The summed E-state index contributed by atoms with van der Waals surface area (Å²) in [6.45, 7) is 1.25. The van der Waals surface area contributed by atoms with Crippen LogP contribution >= 0.6 is 0 Å². The smallest absolute Gasteiger partial charge is 0.250 e. The molecular formula is C12H16N4O. The van der Waals surface area contributed by atoms with Crippen molar-refractivity contribution in [3.8, 4) is 0 Å². The molecule has 2 heterocycles. The minimum atomic E-state index is 0.0150. The van der Waals surface area contributed by atoms with Gasteiger partial charge in [-0.1, -0.05) is 6.07 Å². The first kappa shape index (κ1) is 11.6. The third-order valence-electron chi connectivity index (χ3n) is 2.58. The van der Waals surface area contributed by atoms with Crippen molar-refractivity contribution >= 4 is 0 Å². The van der Waals surface area contributed by atoms with Gasteiger partial charge >= 0.3 is 0 Å². The molecule has 0 unspecified atom stereocenters. The molecule has 2 aromatic heterocycles. The Morgan fingerprint density at radius 3 is 3.00 bits per heavy atom. The highest BCUT2D eigenvalue weighted by Gasteiger charge is 2.01. The van der Waals surface area contributed by atoms with Crippen LogP contribution in [0.4, 0.5) is 0 Å². The van der Waals surface area contributed by atoms with E-state index in [1.54, 1.807) is 29.1 Å². The molecule has 0 fully saturated rings. The zero-order chi connectivity index (χ0) is 12.1. The van der Waals surface area contributed by atoms with Crippen LogP contribution in [0.3, 0.4) is 0 Å². The number of H-pyrrole nitrogens is 1. The van der Waals surface area contributed by atoms with E-state index in [4.69, 9.17) is 5.73 Å². The number of pyridine rings is 1. The third-order valence-corrected chi connectivity index (χ3v) is 2.58. The second-order valence-corrected chi connectivity index (χ2v) is 3.88. The average molecular weight is 232 g/mol. The van der Waals surface area contributed by atoms with E-state index in [9.17, 15) is 4.79 Å². The number of nitrogens with one attached hydrogen (secondary N) is 1. The van der Waals surface area contributed by atoms with Crippen LogP contribution in [0.2, 0.25) is 0 Å². The van der Waals surface area contributed by atoms with Crippen LogP contribution in [0.1, 0.15) is 11.5 Å². The van der Waals surface area contributed by atoms with Gasteiger partial charge in [-0.3, -0.25) is 4.79 Å². The van der Waals surface area contributed by atoms with E-state index in [0.29, 0.717) is 19.5 Å². The molecule has 5 nitrogen and oxygen atoms in total. The number of aromatic nitrogens is 3.